The normalized spacial score (nSPS) is 10.6. The molecule has 0 aliphatic carbocycles. The SMILES string of the molecule is O=C(N/N=C\c1ccccc1O)c1cccc(I)c1. The first kappa shape index (κ1) is 13.5. The molecule has 2 aromatic carbocycles. The Kier molecular flexibility index (Phi) is 4.51. The highest BCUT2D eigenvalue weighted by Crippen LogP contribution is 2.12. The van der Waals surface area contributed by atoms with Crippen molar-refractivity contribution in [2.75, 3.05) is 0 Å². The van der Waals surface area contributed by atoms with E-state index in [9.17, 15) is 9.90 Å². The maximum Gasteiger partial charge on any atom is 0.271 e. The highest BCUT2D eigenvalue weighted by Gasteiger charge is 2.03. The number of amides is 1. The molecule has 1 amide bonds. The zero-order valence-electron chi connectivity index (χ0n) is 9.88. The molecule has 0 heterocycles. The van der Waals surface area contributed by atoms with Crippen molar-refractivity contribution in [2.24, 2.45) is 5.10 Å². The molecule has 4 nitrogen and oxygen atoms in total. The fraction of sp³-hybridized carbons (Fsp3) is 0. The topological polar surface area (TPSA) is 61.7 Å². The number of halogens is 1. The van der Waals surface area contributed by atoms with Crippen molar-refractivity contribution in [3.8, 4) is 5.75 Å². The number of carbonyl (C=O) groups is 1. The quantitative estimate of drug-likeness (QED) is 0.499. The fourth-order valence-corrected chi connectivity index (χ4v) is 1.99. The number of benzene rings is 2. The molecular formula is C14H11IN2O2. The smallest absolute Gasteiger partial charge is 0.271 e. The molecule has 96 valence electrons. The number of rotatable bonds is 3. The molecule has 0 saturated heterocycles. The number of carbonyl (C=O) groups excluding carboxylic acids is 1. The largest absolute Gasteiger partial charge is 0.507 e. The summed E-state index contributed by atoms with van der Waals surface area (Å²) in [7, 11) is 0. The first-order valence-corrected chi connectivity index (χ1v) is 6.61. The van der Waals surface area contributed by atoms with Gasteiger partial charge in [-0.2, -0.15) is 5.10 Å². The molecule has 0 atom stereocenters. The average molecular weight is 366 g/mol. The summed E-state index contributed by atoms with van der Waals surface area (Å²) in [4.78, 5) is 11.8. The van der Waals surface area contributed by atoms with E-state index in [1.807, 2.05) is 12.1 Å². The van der Waals surface area contributed by atoms with Gasteiger partial charge in [0, 0.05) is 14.7 Å². The Morgan fingerprint density at radius 2 is 2.00 bits per heavy atom. The number of hydrazone groups is 1. The van der Waals surface area contributed by atoms with Gasteiger partial charge in [-0.05, 0) is 52.9 Å². The van der Waals surface area contributed by atoms with Crippen LogP contribution in [0.25, 0.3) is 0 Å². The highest BCUT2D eigenvalue weighted by molar-refractivity contribution is 14.1. The number of nitrogens with zero attached hydrogens (tertiary/aromatic N) is 1. The summed E-state index contributed by atoms with van der Waals surface area (Å²) in [5.74, 6) is -0.167. The summed E-state index contributed by atoms with van der Waals surface area (Å²) in [5.41, 5.74) is 3.51. The molecule has 2 N–H and O–H groups in total. The van der Waals surface area contributed by atoms with Crippen LogP contribution in [0, 0.1) is 3.57 Å². The van der Waals surface area contributed by atoms with Crippen LogP contribution in [0.5, 0.6) is 5.75 Å². The van der Waals surface area contributed by atoms with Crippen LogP contribution in [0.1, 0.15) is 15.9 Å². The van der Waals surface area contributed by atoms with Crippen molar-refractivity contribution in [1.29, 1.82) is 0 Å². The van der Waals surface area contributed by atoms with Gasteiger partial charge in [0.1, 0.15) is 5.75 Å². The van der Waals surface area contributed by atoms with E-state index in [1.54, 1.807) is 36.4 Å². The number of hydrogen-bond acceptors (Lipinski definition) is 3. The van der Waals surface area contributed by atoms with E-state index in [4.69, 9.17) is 0 Å². The van der Waals surface area contributed by atoms with Gasteiger partial charge in [-0.3, -0.25) is 4.79 Å². The predicted molar refractivity (Wildman–Crippen MR) is 82.3 cm³/mol. The van der Waals surface area contributed by atoms with E-state index < -0.39 is 0 Å². The molecule has 0 spiro atoms. The molecule has 0 bridgehead atoms. The molecular weight excluding hydrogens is 355 g/mol. The summed E-state index contributed by atoms with van der Waals surface area (Å²) in [6, 6.07) is 14.0. The van der Waals surface area contributed by atoms with Crippen molar-refractivity contribution >= 4 is 34.7 Å². The monoisotopic (exact) mass is 366 g/mol. The van der Waals surface area contributed by atoms with E-state index in [2.05, 4.69) is 33.1 Å². The molecule has 0 aromatic heterocycles. The van der Waals surface area contributed by atoms with Crippen molar-refractivity contribution in [1.82, 2.24) is 5.43 Å². The molecule has 0 aliphatic heterocycles. The first-order valence-electron chi connectivity index (χ1n) is 5.54. The highest BCUT2D eigenvalue weighted by atomic mass is 127. The van der Waals surface area contributed by atoms with Crippen LogP contribution in [0.3, 0.4) is 0 Å². The van der Waals surface area contributed by atoms with Gasteiger partial charge in [0.25, 0.3) is 5.91 Å². The third-order valence-corrected chi connectivity index (χ3v) is 3.06. The number of nitrogens with one attached hydrogen (secondary N) is 1. The van der Waals surface area contributed by atoms with E-state index >= 15 is 0 Å². The Morgan fingerprint density at radius 1 is 1.21 bits per heavy atom. The minimum absolute atomic E-state index is 0.120. The second-order valence-corrected chi connectivity index (χ2v) is 5.01. The van der Waals surface area contributed by atoms with Crippen LogP contribution >= 0.6 is 22.6 Å². The maximum atomic E-state index is 11.8. The Balaban J connectivity index is 2.03. The summed E-state index contributed by atoms with van der Waals surface area (Å²) >= 11 is 2.14. The van der Waals surface area contributed by atoms with E-state index in [-0.39, 0.29) is 11.7 Å². The molecule has 2 rings (SSSR count). The van der Waals surface area contributed by atoms with Crippen molar-refractivity contribution in [3.05, 3.63) is 63.2 Å². The fourth-order valence-electron chi connectivity index (χ4n) is 1.45. The van der Waals surface area contributed by atoms with E-state index in [1.165, 1.54) is 6.21 Å². The van der Waals surface area contributed by atoms with Crippen LogP contribution in [-0.4, -0.2) is 17.2 Å². The standard InChI is InChI=1S/C14H11IN2O2/c15-12-6-3-5-10(8-12)14(19)17-16-9-11-4-1-2-7-13(11)18/h1-9,18H,(H,17,19)/b16-9-. The average Bonchev–Trinajstić information content (AvgIpc) is 2.41. The predicted octanol–water partition coefficient (Wildman–Crippen LogP) is 2.76. The van der Waals surface area contributed by atoms with E-state index in [0.717, 1.165) is 3.57 Å². The van der Waals surface area contributed by atoms with Gasteiger partial charge in [-0.1, -0.05) is 18.2 Å². The lowest BCUT2D eigenvalue weighted by atomic mass is 10.2. The van der Waals surface area contributed by atoms with Crippen LogP contribution in [0.15, 0.2) is 53.6 Å². The lowest BCUT2D eigenvalue weighted by Gasteiger charge is -2.00. The number of phenolic OH excluding ortho intramolecular Hbond substituents is 1. The van der Waals surface area contributed by atoms with Gasteiger partial charge in [0.2, 0.25) is 0 Å². The van der Waals surface area contributed by atoms with Crippen LogP contribution < -0.4 is 5.43 Å². The van der Waals surface area contributed by atoms with Crippen LogP contribution in [0.4, 0.5) is 0 Å². The molecule has 2 aromatic rings. The van der Waals surface area contributed by atoms with Crippen molar-refractivity contribution in [2.45, 2.75) is 0 Å². The lowest BCUT2D eigenvalue weighted by molar-refractivity contribution is 0.0955. The van der Waals surface area contributed by atoms with Crippen molar-refractivity contribution < 1.29 is 9.90 Å². The van der Waals surface area contributed by atoms with Crippen LogP contribution in [0.2, 0.25) is 0 Å². The molecule has 19 heavy (non-hydrogen) atoms. The zero-order valence-corrected chi connectivity index (χ0v) is 12.0. The molecule has 0 fully saturated rings. The van der Waals surface area contributed by atoms with Crippen LogP contribution in [-0.2, 0) is 0 Å². The summed E-state index contributed by atoms with van der Waals surface area (Å²) in [5, 5.41) is 13.3. The third kappa shape index (κ3) is 3.78. The lowest BCUT2D eigenvalue weighted by Crippen LogP contribution is -2.17. The van der Waals surface area contributed by atoms with Gasteiger partial charge in [-0.15, -0.1) is 0 Å². The van der Waals surface area contributed by atoms with Crippen molar-refractivity contribution in [3.63, 3.8) is 0 Å². The Bertz CT molecular complexity index is 626. The second kappa shape index (κ2) is 6.33. The summed E-state index contributed by atoms with van der Waals surface area (Å²) < 4.78 is 0.981. The number of phenols is 1. The Labute approximate surface area is 124 Å². The maximum absolute atomic E-state index is 11.8. The number of aromatic hydroxyl groups is 1. The molecule has 0 radical (unpaired) electrons. The molecule has 5 heteroatoms. The minimum Gasteiger partial charge on any atom is -0.507 e. The van der Waals surface area contributed by atoms with E-state index in [0.29, 0.717) is 11.1 Å². The van der Waals surface area contributed by atoms with Gasteiger partial charge < -0.3 is 5.11 Å². The van der Waals surface area contributed by atoms with Gasteiger partial charge >= 0.3 is 0 Å². The minimum atomic E-state index is -0.287. The second-order valence-electron chi connectivity index (χ2n) is 3.77. The number of para-hydroxylation sites is 1. The molecule has 0 unspecified atom stereocenters. The summed E-state index contributed by atoms with van der Waals surface area (Å²) in [6.07, 6.45) is 1.40. The van der Waals surface area contributed by atoms with Gasteiger partial charge in [-0.25, -0.2) is 5.43 Å². The number of hydrogen-bond donors (Lipinski definition) is 2. The Hall–Kier alpha value is -1.89. The molecule has 0 aliphatic rings. The third-order valence-electron chi connectivity index (χ3n) is 2.39. The molecule has 0 saturated carbocycles. The zero-order chi connectivity index (χ0) is 13.7. The summed E-state index contributed by atoms with van der Waals surface area (Å²) in [6.45, 7) is 0. The van der Waals surface area contributed by atoms with Gasteiger partial charge in [0.15, 0.2) is 0 Å². The Morgan fingerprint density at radius 3 is 2.74 bits per heavy atom. The van der Waals surface area contributed by atoms with Gasteiger partial charge in [0.05, 0.1) is 6.21 Å². The first-order chi connectivity index (χ1) is 9.16.